The first-order valence-corrected chi connectivity index (χ1v) is 6.96. The highest BCUT2D eigenvalue weighted by Crippen LogP contribution is 2.47. The highest BCUT2D eigenvalue weighted by atomic mass is 35.5. The van der Waals surface area contributed by atoms with Crippen LogP contribution >= 0.6 is 35.0 Å². The zero-order valence-corrected chi connectivity index (χ0v) is 11.2. The summed E-state index contributed by atoms with van der Waals surface area (Å²) in [4.78, 5) is 13.5. The predicted octanol–water partition coefficient (Wildman–Crippen LogP) is 0.291. The highest BCUT2D eigenvalue weighted by molar-refractivity contribution is 8.03. The van der Waals surface area contributed by atoms with Crippen LogP contribution in [0.5, 0.6) is 0 Å². The Hall–Kier alpha value is -0.725. The molecule has 0 saturated carbocycles. The Balaban J connectivity index is 2.00. The van der Waals surface area contributed by atoms with Crippen LogP contribution in [0.25, 0.3) is 0 Å². The summed E-state index contributed by atoms with van der Waals surface area (Å²) in [6.45, 7) is 0. The Labute approximate surface area is 118 Å². The van der Waals surface area contributed by atoms with Crippen LogP contribution in [0.3, 0.4) is 0 Å². The van der Waals surface area contributed by atoms with Gasteiger partial charge in [0.15, 0.2) is 5.82 Å². The number of halogens is 2. The lowest BCUT2D eigenvalue weighted by Gasteiger charge is -2.49. The number of rotatable bonds is 2. The number of fused-ring (bicyclic) bond motifs is 1. The molecule has 0 aliphatic carbocycles. The van der Waals surface area contributed by atoms with Crippen molar-refractivity contribution < 1.29 is 4.79 Å². The summed E-state index contributed by atoms with van der Waals surface area (Å²) in [7, 11) is 5.38. The summed E-state index contributed by atoms with van der Waals surface area (Å²) in [5.74, 6) is 0.482. The van der Waals surface area contributed by atoms with Gasteiger partial charge in [-0.15, -0.1) is 45.2 Å². The molecule has 3 atom stereocenters. The zero-order chi connectivity index (χ0) is 12.9. The maximum atomic E-state index is 11.8. The van der Waals surface area contributed by atoms with E-state index < -0.39 is 11.4 Å². The number of carbonyl (C=O) groups excluding carboxylic acids is 1. The van der Waals surface area contributed by atoms with Gasteiger partial charge in [-0.05, 0) is 11.0 Å². The van der Waals surface area contributed by atoms with Crippen molar-refractivity contribution in [2.75, 3.05) is 5.88 Å². The van der Waals surface area contributed by atoms with E-state index in [9.17, 15) is 4.79 Å². The molecule has 2 aliphatic heterocycles. The van der Waals surface area contributed by atoms with Gasteiger partial charge < -0.3 is 4.90 Å². The number of carbonyl (C=O) groups is 1. The monoisotopic (exact) mass is 301 g/mol. The van der Waals surface area contributed by atoms with E-state index in [-0.39, 0.29) is 17.2 Å². The number of nitrogens with zero attached hydrogens (tertiary/aromatic N) is 5. The maximum Gasteiger partial charge on any atom is 0.298 e. The summed E-state index contributed by atoms with van der Waals surface area (Å²) in [5.41, 5.74) is 0.836. The quantitative estimate of drug-likeness (QED) is 0.446. The third kappa shape index (κ3) is 1.66. The third-order valence-corrected chi connectivity index (χ3v) is 4.95. The SMILES string of the molecule is [B]n1nnc([C@H]2C(CCl)=CS[C@@H]3[C@H](Cl)C(=O)N23)n1. The third-order valence-electron chi connectivity index (χ3n) is 2.85. The van der Waals surface area contributed by atoms with Crippen LogP contribution in [-0.4, -0.2) is 55.5 Å². The summed E-state index contributed by atoms with van der Waals surface area (Å²) in [6.07, 6.45) is 0. The molecule has 0 spiro atoms. The van der Waals surface area contributed by atoms with E-state index in [4.69, 9.17) is 31.2 Å². The fourth-order valence-electron chi connectivity index (χ4n) is 2.00. The van der Waals surface area contributed by atoms with Gasteiger partial charge in [0.1, 0.15) is 16.8 Å². The summed E-state index contributed by atoms with van der Waals surface area (Å²) < 4.78 is 0.861. The average molecular weight is 302 g/mol. The number of hydrogen-bond donors (Lipinski definition) is 0. The second kappa shape index (κ2) is 4.43. The largest absolute Gasteiger partial charge is 0.313 e. The van der Waals surface area contributed by atoms with Gasteiger partial charge in [-0.3, -0.25) is 4.79 Å². The van der Waals surface area contributed by atoms with E-state index in [1.807, 2.05) is 5.41 Å². The molecule has 1 aromatic heterocycles. The number of tetrazole rings is 1. The molecular formula is C8H6BCl2N5OS. The first kappa shape index (κ1) is 12.3. The number of β-lactam (4-membered cyclic amide) rings is 1. The fourth-order valence-corrected chi connectivity index (χ4v) is 3.86. The molecule has 18 heavy (non-hydrogen) atoms. The van der Waals surface area contributed by atoms with Crippen LogP contribution in [0.2, 0.25) is 0 Å². The van der Waals surface area contributed by atoms with Crippen molar-refractivity contribution in [3.05, 3.63) is 16.8 Å². The second-order valence-electron chi connectivity index (χ2n) is 3.87. The minimum absolute atomic E-state index is 0.110. The fraction of sp³-hybridized carbons (Fsp3) is 0.500. The molecule has 2 aliphatic rings. The van der Waals surface area contributed by atoms with Crippen LogP contribution in [0.4, 0.5) is 0 Å². The first-order valence-electron chi connectivity index (χ1n) is 5.05. The normalized spacial score (nSPS) is 30.8. The van der Waals surface area contributed by atoms with Crippen molar-refractivity contribution in [2.24, 2.45) is 0 Å². The second-order valence-corrected chi connectivity index (χ2v) is 5.60. The summed E-state index contributed by atoms with van der Waals surface area (Å²) >= 11 is 13.3. The van der Waals surface area contributed by atoms with Gasteiger partial charge in [0.25, 0.3) is 7.98 Å². The van der Waals surface area contributed by atoms with Crippen molar-refractivity contribution in [1.82, 2.24) is 25.0 Å². The van der Waals surface area contributed by atoms with E-state index in [1.54, 1.807) is 4.90 Å². The van der Waals surface area contributed by atoms with Crippen molar-refractivity contribution in [1.29, 1.82) is 0 Å². The molecule has 6 nitrogen and oxygen atoms in total. The maximum absolute atomic E-state index is 11.8. The van der Waals surface area contributed by atoms with Crippen molar-refractivity contribution >= 4 is 48.9 Å². The molecule has 1 fully saturated rings. The minimum atomic E-state index is -0.515. The first-order chi connectivity index (χ1) is 8.63. The Morgan fingerprint density at radius 3 is 2.94 bits per heavy atom. The van der Waals surface area contributed by atoms with E-state index >= 15 is 0 Å². The Kier molecular flexibility index (Phi) is 3.03. The van der Waals surface area contributed by atoms with Crippen LogP contribution in [0, 0.1) is 0 Å². The topological polar surface area (TPSA) is 63.9 Å². The Morgan fingerprint density at radius 2 is 2.33 bits per heavy atom. The molecule has 1 amide bonds. The molecule has 0 unspecified atom stereocenters. The summed E-state index contributed by atoms with van der Waals surface area (Å²) in [5, 5.41) is 12.6. The smallest absolute Gasteiger partial charge is 0.298 e. The van der Waals surface area contributed by atoms with Gasteiger partial charge in [-0.1, -0.05) is 5.21 Å². The van der Waals surface area contributed by atoms with Gasteiger partial charge in [-0.25, -0.2) is 4.71 Å². The van der Waals surface area contributed by atoms with Gasteiger partial charge >= 0.3 is 0 Å². The zero-order valence-electron chi connectivity index (χ0n) is 8.90. The van der Waals surface area contributed by atoms with Crippen LogP contribution in [0.15, 0.2) is 11.0 Å². The van der Waals surface area contributed by atoms with E-state index in [1.165, 1.54) is 11.8 Å². The Bertz CT molecular complexity index is 537. The van der Waals surface area contributed by atoms with Gasteiger partial charge in [-0.2, -0.15) is 0 Å². The van der Waals surface area contributed by atoms with Crippen molar-refractivity contribution in [3.63, 3.8) is 0 Å². The molecule has 3 rings (SSSR count). The number of hydrogen-bond acceptors (Lipinski definition) is 5. The lowest BCUT2D eigenvalue weighted by molar-refractivity contribution is -0.143. The standard InChI is InChI=1S/C8H6BCl2N5OS/c9-16-13-6(12-14-16)5-3(1-10)2-18-8-4(11)7(17)15(5)8/h2,4-5,8H,1H2/t4-,5-,8-/m1/s1. The molecule has 92 valence electrons. The molecule has 1 aromatic rings. The van der Waals surface area contributed by atoms with E-state index in [2.05, 4.69) is 15.4 Å². The molecule has 0 N–H and O–H groups in total. The summed E-state index contributed by atoms with van der Waals surface area (Å²) in [6, 6.07) is -0.423. The number of alkyl halides is 2. The number of thioether (sulfide) groups is 1. The van der Waals surface area contributed by atoms with Gasteiger partial charge in [0.2, 0.25) is 5.91 Å². The molecule has 1 saturated heterocycles. The number of amides is 1. The molecule has 2 radical (unpaired) electrons. The van der Waals surface area contributed by atoms with Crippen LogP contribution in [-0.2, 0) is 4.79 Å². The number of aromatic nitrogens is 4. The van der Waals surface area contributed by atoms with Crippen molar-refractivity contribution in [2.45, 2.75) is 16.8 Å². The van der Waals surface area contributed by atoms with Crippen LogP contribution < -0.4 is 0 Å². The van der Waals surface area contributed by atoms with Crippen molar-refractivity contribution in [3.8, 4) is 0 Å². The predicted molar refractivity (Wildman–Crippen MR) is 68.4 cm³/mol. The Morgan fingerprint density at radius 1 is 1.56 bits per heavy atom. The van der Waals surface area contributed by atoms with Gasteiger partial charge in [0.05, 0.1) is 0 Å². The van der Waals surface area contributed by atoms with E-state index in [0.717, 1.165) is 10.3 Å². The molecule has 10 heteroatoms. The molecular weight excluding hydrogens is 296 g/mol. The molecule has 0 bridgehead atoms. The lowest BCUT2D eigenvalue weighted by Crippen LogP contribution is -2.63. The van der Waals surface area contributed by atoms with Crippen LogP contribution in [0.1, 0.15) is 11.9 Å². The molecule has 3 heterocycles. The molecule has 0 aromatic carbocycles. The highest BCUT2D eigenvalue weighted by Gasteiger charge is 2.53. The lowest BCUT2D eigenvalue weighted by atomic mass is 10.0. The van der Waals surface area contributed by atoms with Gasteiger partial charge in [0, 0.05) is 5.88 Å². The minimum Gasteiger partial charge on any atom is -0.313 e. The van der Waals surface area contributed by atoms with E-state index in [0.29, 0.717) is 5.82 Å². The average Bonchev–Trinajstić information content (AvgIpc) is 2.82.